The number of H-pyrrole nitrogens is 1. The molecule has 5 nitrogen and oxygen atoms in total. The third-order valence-electron chi connectivity index (χ3n) is 3.20. The van der Waals surface area contributed by atoms with Crippen LogP contribution in [-0.4, -0.2) is 23.3 Å². The minimum Gasteiger partial charge on any atom is -0.369 e. The molecule has 0 radical (unpaired) electrons. The van der Waals surface area contributed by atoms with Crippen LogP contribution in [0.1, 0.15) is 24.2 Å². The molecule has 2 aromatic rings. The molecule has 0 aliphatic heterocycles. The van der Waals surface area contributed by atoms with Crippen LogP contribution in [0.5, 0.6) is 0 Å². The number of primary amides is 1. The number of rotatable bonds is 4. The number of aromatic nitrogens is 1. The molecule has 19 heavy (non-hydrogen) atoms. The van der Waals surface area contributed by atoms with Crippen molar-refractivity contribution in [1.29, 1.82) is 0 Å². The first kappa shape index (κ1) is 13.1. The normalized spacial score (nSPS) is 11.5. The second kappa shape index (κ2) is 4.76. The number of carbonyl (C=O) groups excluding carboxylic acids is 2. The molecular weight excluding hydrogens is 242 g/mol. The van der Waals surface area contributed by atoms with Crippen molar-refractivity contribution in [2.75, 3.05) is 6.54 Å². The van der Waals surface area contributed by atoms with Gasteiger partial charge in [-0.3, -0.25) is 9.59 Å². The number of hydrogen-bond donors (Lipinski definition) is 3. The standard InChI is InChI=1S/C14H17N3O2/c1-14(2,13(15)19)8-17-12(18)10-4-3-5-11-9(10)6-7-16-11/h3-7,16H,8H2,1-2H3,(H2,15,19)(H,17,18). The van der Waals surface area contributed by atoms with E-state index in [0.717, 1.165) is 10.9 Å². The quantitative estimate of drug-likeness (QED) is 0.775. The Balaban J connectivity index is 2.17. The van der Waals surface area contributed by atoms with Gasteiger partial charge >= 0.3 is 0 Å². The van der Waals surface area contributed by atoms with Crippen molar-refractivity contribution >= 4 is 22.7 Å². The highest BCUT2D eigenvalue weighted by atomic mass is 16.2. The van der Waals surface area contributed by atoms with Crippen molar-refractivity contribution in [3.8, 4) is 0 Å². The Morgan fingerprint density at radius 2 is 2.05 bits per heavy atom. The molecule has 0 saturated heterocycles. The third-order valence-corrected chi connectivity index (χ3v) is 3.20. The minimum atomic E-state index is -0.762. The summed E-state index contributed by atoms with van der Waals surface area (Å²) in [6, 6.07) is 7.32. The molecule has 0 atom stereocenters. The summed E-state index contributed by atoms with van der Waals surface area (Å²) >= 11 is 0. The van der Waals surface area contributed by atoms with Gasteiger partial charge in [0.05, 0.1) is 5.41 Å². The molecule has 1 aromatic carbocycles. The van der Waals surface area contributed by atoms with Gasteiger partial charge in [0.1, 0.15) is 0 Å². The van der Waals surface area contributed by atoms with E-state index in [0.29, 0.717) is 5.56 Å². The van der Waals surface area contributed by atoms with Gasteiger partial charge in [0.15, 0.2) is 0 Å². The highest BCUT2D eigenvalue weighted by Gasteiger charge is 2.25. The summed E-state index contributed by atoms with van der Waals surface area (Å²) in [6.07, 6.45) is 1.79. The zero-order chi connectivity index (χ0) is 14.0. The van der Waals surface area contributed by atoms with Gasteiger partial charge in [-0.1, -0.05) is 6.07 Å². The van der Waals surface area contributed by atoms with Crippen LogP contribution < -0.4 is 11.1 Å². The first-order valence-electron chi connectivity index (χ1n) is 6.06. The van der Waals surface area contributed by atoms with Crippen LogP contribution in [0.15, 0.2) is 30.5 Å². The molecule has 0 aliphatic rings. The van der Waals surface area contributed by atoms with Gasteiger partial charge in [-0.05, 0) is 32.0 Å². The van der Waals surface area contributed by atoms with E-state index in [1.807, 2.05) is 18.2 Å². The van der Waals surface area contributed by atoms with Crippen molar-refractivity contribution < 1.29 is 9.59 Å². The van der Waals surface area contributed by atoms with E-state index < -0.39 is 11.3 Å². The minimum absolute atomic E-state index is 0.209. The SMILES string of the molecule is CC(C)(CNC(=O)c1cccc2[nH]ccc12)C(N)=O. The van der Waals surface area contributed by atoms with Gasteiger partial charge in [-0.15, -0.1) is 0 Å². The predicted octanol–water partition coefficient (Wildman–Crippen LogP) is 1.41. The number of amides is 2. The average molecular weight is 259 g/mol. The van der Waals surface area contributed by atoms with E-state index in [4.69, 9.17) is 5.73 Å². The van der Waals surface area contributed by atoms with Crippen molar-refractivity contribution in [1.82, 2.24) is 10.3 Å². The number of fused-ring (bicyclic) bond motifs is 1. The number of benzene rings is 1. The second-order valence-electron chi connectivity index (χ2n) is 5.18. The van der Waals surface area contributed by atoms with Gasteiger partial charge in [-0.2, -0.15) is 0 Å². The molecule has 4 N–H and O–H groups in total. The maximum Gasteiger partial charge on any atom is 0.252 e. The van der Waals surface area contributed by atoms with Crippen molar-refractivity contribution in [3.63, 3.8) is 0 Å². The molecule has 1 aromatic heterocycles. The number of nitrogens with two attached hydrogens (primary N) is 1. The topological polar surface area (TPSA) is 88.0 Å². The van der Waals surface area contributed by atoms with Crippen LogP contribution in [-0.2, 0) is 4.79 Å². The number of hydrogen-bond acceptors (Lipinski definition) is 2. The zero-order valence-electron chi connectivity index (χ0n) is 11.0. The summed E-state index contributed by atoms with van der Waals surface area (Å²) in [7, 11) is 0. The van der Waals surface area contributed by atoms with Crippen LogP contribution in [0, 0.1) is 5.41 Å². The van der Waals surface area contributed by atoms with Gasteiger partial charge in [0, 0.05) is 29.2 Å². The van der Waals surface area contributed by atoms with Gasteiger partial charge in [0.2, 0.25) is 5.91 Å². The highest BCUT2D eigenvalue weighted by Crippen LogP contribution is 2.18. The van der Waals surface area contributed by atoms with Crippen LogP contribution in [0.25, 0.3) is 10.9 Å². The van der Waals surface area contributed by atoms with E-state index in [-0.39, 0.29) is 12.5 Å². The summed E-state index contributed by atoms with van der Waals surface area (Å²) in [6.45, 7) is 3.61. The van der Waals surface area contributed by atoms with Gasteiger partial charge in [-0.25, -0.2) is 0 Å². The fraction of sp³-hybridized carbons (Fsp3) is 0.286. The molecule has 100 valence electrons. The molecule has 0 spiro atoms. The smallest absolute Gasteiger partial charge is 0.252 e. The van der Waals surface area contributed by atoms with Crippen LogP contribution >= 0.6 is 0 Å². The van der Waals surface area contributed by atoms with E-state index in [9.17, 15) is 9.59 Å². The maximum atomic E-state index is 12.1. The Kier molecular flexibility index (Phi) is 3.29. The first-order valence-corrected chi connectivity index (χ1v) is 6.06. The molecule has 0 unspecified atom stereocenters. The molecule has 2 rings (SSSR count). The van der Waals surface area contributed by atoms with Crippen LogP contribution in [0.4, 0.5) is 0 Å². The van der Waals surface area contributed by atoms with Gasteiger partial charge < -0.3 is 16.0 Å². The number of nitrogens with one attached hydrogen (secondary N) is 2. The summed E-state index contributed by atoms with van der Waals surface area (Å²) in [4.78, 5) is 26.4. The lowest BCUT2D eigenvalue weighted by Gasteiger charge is -2.20. The van der Waals surface area contributed by atoms with Crippen molar-refractivity contribution in [2.45, 2.75) is 13.8 Å². The molecular formula is C14H17N3O2. The maximum absolute atomic E-state index is 12.1. The van der Waals surface area contributed by atoms with Crippen LogP contribution in [0.3, 0.4) is 0 Å². The summed E-state index contributed by atoms with van der Waals surface area (Å²) in [5.41, 5.74) is 6.00. The Bertz CT molecular complexity index is 628. The van der Waals surface area contributed by atoms with Crippen molar-refractivity contribution in [2.24, 2.45) is 11.1 Å². The second-order valence-corrected chi connectivity index (χ2v) is 5.18. The molecule has 2 amide bonds. The van der Waals surface area contributed by atoms with E-state index in [2.05, 4.69) is 10.3 Å². The monoisotopic (exact) mass is 259 g/mol. The average Bonchev–Trinajstić information content (AvgIpc) is 2.83. The third kappa shape index (κ3) is 2.59. The number of carbonyl (C=O) groups is 2. The first-order chi connectivity index (χ1) is 8.92. The van der Waals surface area contributed by atoms with E-state index in [1.165, 1.54) is 0 Å². The van der Waals surface area contributed by atoms with Crippen LogP contribution in [0.2, 0.25) is 0 Å². The molecule has 5 heteroatoms. The molecule has 0 aliphatic carbocycles. The largest absolute Gasteiger partial charge is 0.369 e. The molecule has 1 heterocycles. The Labute approximate surface area is 111 Å². The fourth-order valence-electron chi connectivity index (χ4n) is 1.77. The molecule has 0 fully saturated rings. The highest BCUT2D eigenvalue weighted by molar-refractivity contribution is 6.06. The summed E-state index contributed by atoms with van der Waals surface area (Å²) in [5, 5.41) is 3.61. The molecule has 0 bridgehead atoms. The van der Waals surface area contributed by atoms with E-state index >= 15 is 0 Å². The Hall–Kier alpha value is -2.30. The fourth-order valence-corrected chi connectivity index (χ4v) is 1.77. The Morgan fingerprint density at radius 3 is 2.74 bits per heavy atom. The van der Waals surface area contributed by atoms with Gasteiger partial charge in [0.25, 0.3) is 5.91 Å². The predicted molar refractivity (Wildman–Crippen MR) is 73.6 cm³/mol. The van der Waals surface area contributed by atoms with E-state index in [1.54, 1.807) is 26.1 Å². The Morgan fingerprint density at radius 1 is 1.32 bits per heavy atom. The zero-order valence-corrected chi connectivity index (χ0v) is 11.0. The van der Waals surface area contributed by atoms with Crippen molar-refractivity contribution in [3.05, 3.63) is 36.0 Å². The lowest BCUT2D eigenvalue weighted by Crippen LogP contribution is -2.42. The molecule has 0 saturated carbocycles. The summed E-state index contributed by atoms with van der Waals surface area (Å²) < 4.78 is 0. The summed E-state index contributed by atoms with van der Waals surface area (Å²) in [5.74, 6) is -0.646. The lowest BCUT2D eigenvalue weighted by atomic mass is 9.92. The number of aromatic amines is 1. The lowest BCUT2D eigenvalue weighted by molar-refractivity contribution is -0.125.